The number of fused-ring (bicyclic) bond motifs is 3. The molecule has 1 aliphatic carbocycles. The highest BCUT2D eigenvalue weighted by Gasteiger charge is 2.57. The second-order valence-electron chi connectivity index (χ2n) is 7.92. The van der Waals surface area contributed by atoms with Crippen LogP contribution in [0.15, 0.2) is 48.5 Å². The third-order valence-corrected chi connectivity index (χ3v) is 6.12. The summed E-state index contributed by atoms with van der Waals surface area (Å²) in [6.07, 6.45) is -1.14. The first-order chi connectivity index (χ1) is 14.5. The summed E-state index contributed by atoms with van der Waals surface area (Å²) in [5.74, 6) is -1.15. The lowest BCUT2D eigenvalue weighted by atomic mass is 9.90. The molecule has 1 N–H and O–H groups in total. The summed E-state index contributed by atoms with van der Waals surface area (Å²) < 4.78 is 10.6. The van der Waals surface area contributed by atoms with Crippen LogP contribution in [0.25, 0.3) is 11.1 Å². The monoisotopic (exact) mass is 408 g/mol. The topological polar surface area (TPSA) is 96.4 Å². The van der Waals surface area contributed by atoms with Crippen molar-refractivity contribution in [1.29, 1.82) is 0 Å². The van der Waals surface area contributed by atoms with Gasteiger partial charge in [0.25, 0.3) is 0 Å². The van der Waals surface area contributed by atoms with Crippen molar-refractivity contribution >= 4 is 18.2 Å². The molecule has 30 heavy (non-hydrogen) atoms. The summed E-state index contributed by atoms with van der Waals surface area (Å²) in [6.45, 7) is 0.236. The quantitative estimate of drug-likeness (QED) is 0.835. The molecule has 8 heteroatoms. The van der Waals surface area contributed by atoms with Crippen LogP contribution in [-0.4, -0.2) is 71.4 Å². The van der Waals surface area contributed by atoms with Gasteiger partial charge in [0.05, 0.1) is 13.1 Å². The van der Waals surface area contributed by atoms with Crippen molar-refractivity contribution in [2.75, 3.05) is 32.8 Å². The molecule has 5 rings (SSSR count). The highest BCUT2D eigenvalue weighted by molar-refractivity contribution is 5.81. The fourth-order valence-corrected chi connectivity index (χ4v) is 4.65. The molecule has 0 bridgehead atoms. The molecule has 2 aromatic carbocycles. The highest BCUT2D eigenvalue weighted by atomic mass is 16.6. The molecule has 1 spiro atoms. The maximum atomic E-state index is 12.6. The fraction of sp³-hybridized carbons (Fsp3) is 0.318. The van der Waals surface area contributed by atoms with Crippen LogP contribution in [0.2, 0.25) is 0 Å². The van der Waals surface area contributed by atoms with Crippen molar-refractivity contribution < 1.29 is 29.0 Å². The molecule has 2 heterocycles. The molecule has 0 radical (unpaired) electrons. The van der Waals surface area contributed by atoms with Gasteiger partial charge in [-0.2, -0.15) is 0 Å². The Labute approximate surface area is 172 Å². The van der Waals surface area contributed by atoms with E-state index >= 15 is 0 Å². The van der Waals surface area contributed by atoms with Gasteiger partial charge in [-0.1, -0.05) is 48.5 Å². The Balaban J connectivity index is 1.25. The number of hydrogen-bond donors (Lipinski definition) is 1. The van der Waals surface area contributed by atoms with E-state index in [1.54, 1.807) is 0 Å². The number of carbonyl (C=O) groups is 3. The van der Waals surface area contributed by atoms with Gasteiger partial charge in [0, 0.05) is 5.92 Å². The number of ether oxygens (including phenoxy) is 2. The minimum Gasteiger partial charge on any atom is -0.480 e. The standard InChI is InChI=1S/C22H20N2O6/c25-19(26)9-24-21(28)30-13-22(24)11-23(12-22)20(27)29-10-18-16-7-3-1-5-14(16)15-6-2-4-8-17(15)18/h1-8,18H,9-13H2,(H,25,26). The zero-order valence-corrected chi connectivity index (χ0v) is 16.1. The fourth-order valence-electron chi connectivity index (χ4n) is 4.65. The van der Waals surface area contributed by atoms with E-state index in [1.807, 2.05) is 24.3 Å². The Morgan fingerprint density at radius 2 is 1.67 bits per heavy atom. The zero-order valence-electron chi connectivity index (χ0n) is 16.1. The average molecular weight is 408 g/mol. The number of amides is 2. The van der Waals surface area contributed by atoms with Crippen LogP contribution in [-0.2, 0) is 14.3 Å². The van der Waals surface area contributed by atoms with E-state index in [-0.39, 0.29) is 32.2 Å². The van der Waals surface area contributed by atoms with Gasteiger partial charge < -0.3 is 19.5 Å². The molecule has 2 fully saturated rings. The minimum absolute atomic E-state index is 0.0310. The Kier molecular flexibility index (Phi) is 4.16. The van der Waals surface area contributed by atoms with Crippen LogP contribution in [0.5, 0.6) is 0 Å². The summed E-state index contributed by atoms with van der Waals surface area (Å²) in [5, 5.41) is 9.03. The van der Waals surface area contributed by atoms with Crippen LogP contribution in [0, 0.1) is 0 Å². The zero-order chi connectivity index (χ0) is 20.9. The molecule has 0 atom stereocenters. The first-order valence-electron chi connectivity index (χ1n) is 9.75. The molecular formula is C22H20N2O6. The highest BCUT2D eigenvalue weighted by Crippen LogP contribution is 2.44. The van der Waals surface area contributed by atoms with Crippen LogP contribution in [0.1, 0.15) is 17.0 Å². The molecule has 0 aromatic heterocycles. The van der Waals surface area contributed by atoms with E-state index in [4.69, 9.17) is 14.6 Å². The SMILES string of the molecule is O=C(O)CN1C(=O)OCC12CN(C(=O)OCC1c3ccccc3-c3ccccc31)C2. The molecule has 0 unspecified atom stereocenters. The Bertz CT molecular complexity index is 1000. The third kappa shape index (κ3) is 2.79. The van der Waals surface area contributed by atoms with Crippen LogP contribution in [0.4, 0.5) is 9.59 Å². The summed E-state index contributed by atoms with van der Waals surface area (Å²) in [6, 6.07) is 16.2. The first-order valence-corrected chi connectivity index (χ1v) is 9.75. The van der Waals surface area contributed by atoms with Gasteiger partial charge in [-0.25, -0.2) is 9.59 Å². The lowest BCUT2D eigenvalue weighted by molar-refractivity contribution is -0.139. The minimum atomic E-state index is -1.12. The van der Waals surface area contributed by atoms with Gasteiger partial charge >= 0.3 is 18.2 Å². The van der Waals surface area contributed by atoms with Gasteiger partial charge in [0.1, 0.15) is 25.3 Å². The summed E-state index contributed by atoms with van der Waals surface area (Å²) in [4.78, 5) is 38.1. The molecular weight excluding hydrogens is 388 g/mol. The van der Waals surface area contributed by atoms with Crippen LogP contribution in [0.3, 0.4) is 0 Å². The second kappa shape index (κ2) is 6.76. The average Bonchev–Trinajstić information content (AvgIpc) is 3.20. The van der Waals surface area contributed by atoms with Crippen LogP contribution < -0.4 is 0 Å². The molecule has 8 nitrogen and oxygen atoms in total. The molecule has 0 saturated carbocycles. The number of aliphatic carboxylic acids is 1. The van der Waals surface area contributed by atoms with Crippen LogP contribution >= 0.6 is 0 Å². The van der Waals surface area contributed by atoms with E-state index in [1.165, 1.54) is 9.80 Å². The van der Waals surface area contributed by atoms with Crippen molar-refractivity contribution in [3.8, 4) is 11.1 Å². The van der Waals surface area contributed by atoms with Crippen molar-refractivity contribution in [3.05, 3.63) is 59.7 Å². The molecule has 2 aliphatic heterocycles. The van der Waals surface area contributed by atoms with Gasteiger partial charge in [0.15, 0.2) is 0 Å². The number of cyclic esters (lactones) is 1. The molecule has 3 aliphatic rings. The number of nitrogens with zero attached hydrogens (tertiary/aromatic N) is 2. The maximum absolute atomic E-state index is 12.6. The van der Waals surface area contributed by atoms with Gasteiger partial charge in [-0.15, -0.1) is 0 Å². The number of likely N-dealkylation sites (tertiary alicyclic amines) is 1. The molecule has 2 aromatic rings. The Morgan fingerprint density at radius 3 is 2.27 bits per heavy atom. The second-order valence-corrected chi connectivity index (χ2v) is 7.92. The van der Waals surface area contributed by atoms with E-state index in [0.29, 0.717) is 0 Å². The van der Waals surface area contributed by atoms with E-state index in [9.17, 15) is 14.4 Å². The predicted molar refractivity (Wildman–Crippen MR) is 105 cm³/mol. The van der Waals surface area contributed by atoms with E-state index < -0.39 is 30.2 Å². The number of hydrogen-bond acceptors (Lipinski definition) is 5. The lowest BCUT2D eigenvalue weighted by Gasteiger charge is -2.49. The smallest absolute Gasteiger partial charge is 0.411 e. The number of benzene rings is 2. The van der Waals surface area contributed by atoms with Crippen molar-refractivity contribution in [2.45, 2.75) is 11.5 Å². The normalized spacial score (nSPS) is 18.6. The van der Waals surface area contributed by atoms with Gasteiger partial charge in [-0.3, -0.25) is 9.69 Å². The molecule has 2 saturated heterocycles. The Morgan fingerprint density at radius 1 is 1.07 bits per heavy atom. The van der Waals surface area contributed by atoms with Gasteiger partial charge in [0.2, 0.25) is 0 Å². The largest absolute Gasteiger partial charge is 0.480 e. The Hall–Kier alpha value is -3.55. The van der Waals surface area contributed by atoms with Crippen molar-refractivity contribution in [1.82, 2.24) is 9.80 Å². The number of carboxylic acid groups (broad SMARTS) is 1. The number of rotatable bonds is 4. The number of carboxylic acids is 1. The first kappa shape index (κ1) is 18.5. The van der Waals surface area contributed by atoms with E-state index in [2.05, 4.69) is 24.3 Å². The summed E-state index contributed by atoms with van der Waals surface area (Å²) in [5.41, 5.74) is 3.80. The van der Waals surface area contributed by atoms with E-state index in [0.717, 1.165) is 22.3 Å². The van der Waals surface area contributed by atoms with Gasteiger partial charge in [-0.05, 0) is 22.3 Å². The van der Waals surface area contributed by atoms with Crippen molar-refractivity contribution in [2.24, 2.45) is 0 Å². The third-order valence-electron chi connectivity index (χ3n) is 6.12. The lowest BCUT2D eigenvalue weighted by Crippen LogP contribution is -2.71. The molecule has 154 valence electrons. The number of carbonyl (C=O) groups excluding carboxylic acids is 2. The predicted octanol–water partition coefficient (Wildman–Crippen LogP) is 2.53. The van der Waals surface area contributed by atoms with Crippen molar-refractivity contribution in [3.63, 3.8) is 0 Å². The molecule has 2 amide bonds. The summed E-state index contributed by atoms with van der Waals surface area (Å²) in [7, 11) is 0. The maximum Gasteiger partial charge on any atom is 0.411 e. The summed E-state index contributed by atoms with van der Waals surface area (Å²) >= 11 is 0.